The lowest BCUT2D eigenvalue weighted by atomic mass is 10.0. The number of hydrogen-bond acceptors (Lipinski definition) is 4. The van der Waals surface area contributed by atoms with Gasteiger partial charge in [0.1, 0.15) is 0 Å². The fourth-order valence-electron chi connectivity index (χ4n) is 2.26. The fourth-order valence-corrected chi connectivity index (χ4v) is 2.26. The number of carbonyl (C=O) groups is 2. The number of carbonyl (C=O) groups excluding carboxylic acids is 1. The first-order chi connectivity index (χ1) is 9.89. The summed E-state index contributed by atoms with van der Waals surface area (Å²) in [7, 11) is 0. The normalized spacial score (nSPS) is 17.9. The molecule has 0 bridgehead atoms. The van der Waals surface area contributed by atoms with E-state index in [1.54, 1.807) is 11.0 Å². The number of pyridine rings is 1. The molecule has 0 radical (unpaired) electrons. The predicted octanol–water partition coefficient (Wildman–Crippen LogP) is 1.43. The number of nitrogens with zero attached hydrogens (tertiary/aromatic N) is 2. The lowest BCUT2D eigenvalue weighted by molar-refractivity contribution is -0.131. The summed E-state index contributed by atoms with van der Waals surface area (Å²) in [5.74, 6) is -1.21. The van der Waals surface area contributed by atoms with E-state index in [0.29, 0.717) is 30.8 Å². The molecule has 0 saturated carbocycles. The summed E-state index contributed by atoms with van der Waals surface area (Å²) in [5, 5.41) is 8.70. The zero-order chi connectivity index (χ0) is 15.5. The Morgan fingerprint density at radius 2 is 2.24 bits per heavy atom. The van der Waals surface area contributed by atoms with Gasteiger partial charge in [0.25, 0.3) is 5.91 Å². The van der Waals surface area contributed by atoms with Gasteiger partial charge < -0.3 is 14.7 Å². The molecule has 1 aromatic heterocycles. The summed E-state index contributed by atoms with van der Waals surface area (Å²) in [6.07, 6.45) is 5.39. The van der Waals surface area contributed by atoms with Crippen LogP contribution in [-0.2, 0) is 9.53 Å². The van der Waals surface area contributed by atoms with Crippen molar-refractivity contribution in [2.24, 2.45) is 0 Å². The molecule has 0 aromatic carbocycles. The van der Waals surface area contributed by atoms with Gasteiger partial charge in [-0.25, -0.2) is 4.79 Å². The molecule has 1 N–H and O–H groups in total. The zero-order valence-electron chi connectivity index (χ0n) is 12.1. The number of rotatable bonds is 3. The molecular formula is C15H18N2O4. The van der Waals surface area contributed by atoms with Crippen LogP contribution in [0.4, 0.5) is 0 Å². The number of aromatic nitrogens is 1. The van der Waals surface area contributed by atoms with Crippen LogP contribution in [0.2, 0.25) is 0 Å². The second-order valence-electron chi connectivity index (χ2n) is 5.47. The minimum Gasteiger partial charge on any atom is -0.478 e. The van der Waals surface area contributed by atoms with E-state index in [1.807, 2.05) is 13.8 Å². The molecule has 1 amide bonds. The van der Waals surface area contributed by atoms with Crippen molar-refractivity contribution in [2.75, 3.05) is 19.7 Å². The van der Waals surface area contributed by atoms with E-state index in [1.165, 1.54) is 18.5 Å². The van der Waals surface area contributed by atoms with E-state index in [0.717, 1.165) is 6.08 Å². The van der Waals surface area contributed by atoms with Crippen molar-refractivity contribution in [2.45, 2.75) is 19.4 Å². The van der Waals surface area contributed by atoms with Crippen molar-refractivity contribution >= 4 is 18.0 Å². The van der Waals surface area contributed by atoms with E-state index < -0.39 is 5.97 Å². The molecular weight excluding hydrogens is 272 g/mol. The highest BCUT2D eigenvalue weighted by molar-refractivity contribution is 5.98. The summed E-state index contributed by atoms with van der Waals surface area (Å²) in [6, 6.07) is 1.60. The summed E-state index contributed by atoms with van der Waals surface area (Å²) < 4.78 is 5.59. The molecule has 1 aliphatic heterocycles. The quantitative estimate of drug-likeness (QED) is 0.852. The molecule has 1 aliphatic rings. The Labute approximate surface area is 123 Å². The van der Waals surface area contributed by atoms with E-state index in [2.05, 4.69) is 4.98 Å². The third-order valence-electron chi connectivity index (χ3n) is 3.20. The van der Waals surface area contributed by atoms with Gasteiger partial charge in [0.15, 0.2) is 0 Å². The lowest BCUT2D eigenvalue weighted by Crippen LogP contribution is -2.50. The highest BCUT2D eigenvalue weighted by Gasteiger charge is 2.30. The average molecular weight is 290 g/mol. The van der Waals surface area contributed by atoms with E-state index in [9.17, 15) is 9.59 Å². The fraction of sp³-hybridized carbons (Fsp3) is 0.400. The first-order valence-electron chi connectivity index (χ1n) is 6.67. The SMILES string of the molecule is CC1(C)CN(C(=O)c2ccncc2C=CC(=O)O)CCO1. The molecule has 6 nitrogen and oxygen atoms in total. The van der Waals surface area contributed by atoms with Crippen molar-refractivity contribution < 1.29 is 19.4 Å². The van der Waals surface area contributed by atoms with Gasteiger partial charge >= 0.3 is 5.97 Å². The van der Waals surface area contributed by atoms with Crippen LogP contribution in [0.1, 0.15) is 29.8 Å². The minimum absolute atomic E-state index is 0.140. The van der Waals surface area contributed by atoms with Gasteiger partial charge in [0, 0.05) is 42.7 Å². The minimum atomic E-state index is -1.07. The van der Waals surface area contributed by atoms with E-state index in [4.69, 9.17) is 9.84 Å². The van der Waals surface area contributed by atoms with Crippen molar-refractivity contribution in [3.8, 4) is 0 Å². The Morgan fingerprint density at radius 3 is 2.90 bits per heavy atom. The van der Waals surface area contributed by atoms with Crippen LogP contribution in [0.25, 0.3) is 6.08 Å². The van der Waals surface area contributed by atoms with Crippen molar-refractivity contribution in [1.29, 1.82) is 0 Å². The zero-order valence-corrected chi connectivity index (χ0v) is 12.1. The smallest absolute Gasteiger partial charge is 0.328 e. The second-order valence-corrected chi connectivity index (χ2v) is 5.47. The Morgan fingerprint density at radius 1 is 1.48 bits per heavy atom. The maximum atomic E-state index is 12.6. The molecule has 0 spiro atoms. The van der Waals surface area contributed by atoms with Crippen LogP contribution >= 0.6 is 0 Å². The van der Waals surface area contributed by atoms with Gasteiger partial charge in [-0.1, -0.05) is 0 Å². The molecule has 1 saturated heterocycles. The Hall–Kier alpha value is -2.21. The monoisotopic (exact) mass is 290 g/mol. The van der Waals surface area contributed by atoms with E-state index in [-0.39, 0.29) is 11.5 Å². The third kappa shape index (κ3) is 3.88. The Balaban J connectivity index is 2.25. The number of carboxylic acid groups (broad SMARTS) is 1. The highest BCUT2D eigenvalue weighted by atomic mass is 16.5. The number of hydrogen-bond donors (Lipinski definition) is 1. The van der Waals surface area contributed by atoms with Crippen LogP contribution in [0.15, 0.2) is 24.5 Å². The Kier molecular flexibility index (Phi) is 4.37. The largest absolute Gasteiger partial charge is 0.478 e. The number of ether oxygens (including phenoxy) is 1. The highest BCUT2D eigenvalue weighted by Crippen LogP contribution is 2.20. The molecule has 21 heavy (non-hydrogen) atoms. The molecule has 6 heteroatoms. The average Bonchev–Trinajstić information content (AvgIpc) is 2.43. The summed E-state index contributed by atoms with van der Waals surface area (Å²) in [6.45, 7) is 5.38. The number of morpholine rings is 1. The van der Waals surface area contributed by atoms with Crippen LogP contribution < -0.4 is 0 Å². The molecule has 112 valence electrons. The standard InChI is InChI=1S/C15H18N2O4/c1-15(2)10-17(7-8-21-15)14(20)12-5-6-16-9-11(12)3-4-13(18)19/h3-6,9H,7-8,10H2,1-2H3,(H,18,19). The number of aliphatic carboxylic acids is 1. The Bertz CT molecular complexity index is 581. The summed E-state index contributed by atoms with van der Waals surface area (Å²) >= 11 is 0. The molecule has 0 atom stereocenters. The van der Waals surface area contributed by atoms with Crippen LogP contribution in [0.3, 0.4) is 0 Å². The van der Waals surface area contributed by atoms with Crippen molar-refractivity contribution in [3.63, 3.8) is 0 Å². The molecule has 1 fully saturated rings. The summed E-state index contributed by atoms with van der Waals surface area (Å²) in [4.78, 5) is 28.9. The van der Waals surface area contributed by atoms with Gasteiger partial charge in [-0.15, -0.1) is 0 Å². The van der Waals surface area contributed by atoms with Gasteiger partial charge in [0.05, 0.1) is 12.2 Å². The van der Waals surface area contributed by atoms with Crippen molar-refractivity contribution in [1.82, 2.24) is 9.88 Å². The van der Waals surface area contributed by atoms with Gasteiger partial charge in [-0.3, -0.25) is 9.78 Å². The molecule has 0 aliphatic carbocycles. The molecule has 2 heterocycles. The maximum absolute atomic E-state index is 12.6. The first-order valence-corrected chi connectivity index (χ1v) is 6.67. The van der Waals surface area contributed by atoms with Crippen LogP contribution in [0.5, 0.6) is 0 Å². The van der Waals surface area contributed by atoms with Gasteiger partial charge in [-0.05, 0) is 26.0 Å². The lowest BCUT2D eigenvalue weighted by Gasteiger charge is -2.38. The molecule has 1 aromatic rings. The van der Waals surface area contributed by atoms with E-state index >= 15 is 0 Å². The maximum Gasteiger partial charge on any atom is 0.328 e. The topological polar surface area (TPSA) is 79.7 Å². The first kappa shape index (κ1) is 15.2. The summed E-state index contributed by atoms with van der Waals surface area (Å²) in [5.41, 5.74) is 0.562. The molecule has 0 unspecified atom stereocenters. The predicted molar refractivity (Wildman–Crippen MR) is 76.8 cm³/mol. The van der Waals surface area contributed by atoms with Crippen LogP contribution in [-0.4, -0.2) is 52.2 Å². The number of amides is 1. The third-order valence-corrected chi connectivity index (χ3v) is 3.20. The van der Waals surface area contributed by atoms with Crippen LogP contribution in [0, 0.1) is 0 Å². The molecule has 2 rings (SSSR count). The number of carboxylic acids is 1. The van der Waals surface area contributed by atoms with Gasteiger partial charge in [-0.2, -0.15) is 0 Å². The second kappa shape index (κ2) is 6.05. The van der Waals surface area contributed by atoms with Crippen molar-refractivity contribution in [3.05, 3.63) is 35.7 Å². The van der Waals surface area contributed by atoms with Gasteiger partial charge in [0.2, 0.25) is 0 Å².